The SMILES string of the molecule is COc1ccc(CNc2cc(C)nc(Nc3ccc(F)cc3F)n2)cc1OC. The number of anilines is 3. The Hall–Kier alpha value is -3.42. The van der Waals surface area contributed by atoms with Crippen LogP contribution in [-0.2, 0) is 6.54 Å². The van der Waals surface area contributed by atoms with Crippen LogP contribution >= 0.6 is 0 Å². The number of nitrogens with one attached hydrogen (secondary N) is 2. The second kappa shape index (κ2) is 8.51. The smallest absolute Gasteiger partial charge is 0.229 e. The second-order valence-electron chi connectivity index (χ2n) is 6.01. The summed E-state index contributed by atoms with van der Waals surface area (Å²) in [6.45, 7) is 2.29. The lowest BCUT2D eigenvalue weighted by Gasteiger charge is -2.12. The van der Waals surface area contributed by atoms with E-state index in [-0.39, 0.29) is 11.6 Å². The van der Waals surface area contributed by atoms with E-state index >= 15 is 0 Å². The summed E-state index contributed by atoms with van der Waals surface area (Å²) < 4.78 is 37.4. The molecule has 0 aliphatic rings. The Bertz CT molecular complexity index is 982. The fraction of sp³-hybridized carbons (Fsp3) is 0.200. The van der Waals surface area contributed by atoms with E-state index in [1.807, 2.05) is 18.2 Å². The summed E-state index contributed by atoms with van der Waals surface area (Å²) >= 11 is 0. The van der Waals surface area contributed by atoms with Crippen molar-refractivity contribution in [3.8, 4) is 11.5 Å². The summed E-state index contributed by atoms with van der Waals surface area (Å²) in [5.41, 5.74) is 1.75. The molecule has 0 unspecified atom stereocenters. The number of hydrogen-bond donors (Lipinski definition) is 2. The van der Waals surface area contributed by atoms with Gasteiger partial charge in [0.25, 0.3) is 0 Å². The number of hydrogen-bond acceptors (Lipinski definition) is 6. The van der Waals surface area contributed by atoms with Gasteiger partial charge in [0.1, 0.15) is 17.5 Å². The lowest BCUT2D eigenvalue weighted by atomic mass is 10.2. The highest BCUT2D eigenvalue weighted by Crippen LogP contribution is 2.28. The van der Waals surface area contributed by atoms with E-state index in [0.717, 1.165) is 17.7 Å². The molecule has 146 valence electrons. The number of aryl methyl sites for hydroxylation is 1. The van der Waals surface area contributed by atoms with Gasteiger partial charge in [-0.2, -0.15) is 4.98 Å². The number of ether oxygens (including phenoxy) is 2. The minimum atomic E-state index is -0.718. The van der Waals surface area contributed by atoms with Crippen LogP contribution in [0.1, 0.15) is 11.3 Å². The van der Waals surface area contributed by atoms with Gasteiger partial charge in [0.05, 0.1) is 19.9 Å². The second-order valence-corrected chi connectivity index (χ2v) is 6.01. The molecule has 0 radical (unpaired) electrons. The average molecular weight is 386 g/mol. The van der Waals surface area contributed by atoms with Crippen LogP contribution < -0.4 is 20.1 Å². The van der Waals surface area contributed by atoms with E-state index in [1.54, 1.807) is 27.2 Å². The minimum Gasteiger partial charge on any atom is -0.493 e. The van der Waals surface area contributed by atoms with Crippen LogP contribution in [0.15, 0.2) is 42.5 Å². The van der Waals surface area contributed by atoms with Gasteiger partial charge in [0.15, 0.2) is 11.5 Å². The largest absolute Gasteiger partial charge is 0.493 e. The van der Waals surface area contributed by atoms with E-state index < -0.39 is 11.6 Å². The predicted octanol–water partition coefficient (Wildman–Crippen LogP) is 4.44. The molecule has 3 aromatic rings. The Morgan fingerprint density at radius 1 is 0.929 bits per heavy atom. The molecular formula is C20H20F2N4O2. The Kier molecular flexibility index (Phi) is 5.88. The van der Waals surface area contributed by atoms with Gasteiger partial charge in [-0.3, -0.25) is 0 Å². The zero-order valence-electron chi connectivity index (χ0n) is 15.7. The molecule has 3 rings (SSSR count). The van der Waals surface area contributed by atoms with Crippen molar-refractivity contribution < 1.29 is 18.3 Å². The normalized spacial score (nSPS) is 10.5. The zero-order valence-corrected chi connectivity index (χ0v) is 15.7. The molecule has 28 heavy (non-hydrogen) atoms. The van der Waals surface area contributed by atoms with Crippen LogP contribution in [0.25, 0.3) is 0 Å². The number of rotatable bonds is 7. The molecule has 0 saturated heterocycles. The van der Waals surface area contributed by atoms with Gasteiger partial charge in [-0.25, -0.2) is 13.8 Å². The standard InChI is InChI=1S/C20H20F2N4O2/c1-12-8-19(23-11-13-4-7-17(27-2)18(9-13)28-3)26-20(24-12)25-16-6-5-14(21)10-15(16)22/h4-10H,11H2,1-3H3,(H2,23,24,25,26). The third kappa shape index (κ3) is 4.64. The Morgan fingerprint density at radius 2 is 1.71 bits per heavy atom. The molecule has 8 heteroatoms. The number of aromatic nitrogens is 2. The van der Waals surface area contributed by atoms with Crippen LogP contribution in [-0.4, -0.2) is 24.2 Å². The molecule has 6 nitrogen and oxygen atoms in total. The maximum Gasteiger partial charge on any atom is 0.229 e. The summed E-state index contributed by atoms with van der Waals surface area (Å²) in [5.74, 6) is 0.690. The molecule has 2 N–H and O–H groups in total. The fourth-order valence-corrected chi connectivity index (χ4v) is 2.61. The Morgan fingerprint density at radius 3 is 2.43 bits per heavy atom. The maximum absolute atomic E-state index is 13.8. The van der Waals surface area contributed by atoms with Gasteiger partial charge in [0.2, 0.25) is 5.95 Å². The Balaban J connectivity index is 1.74. The molecule has 0 amide bonds. The maximum atomic E-state index is 13.8. The van der Waals surface area contributed by atoms with E-state index in [0.29, 0.717) is 29.6 Å². The van der Waals surface area contributed by atoms with Crippen molar-refractivity contribution in [2.75, 3.05) is 24.9 Å². The molecular weight excluding hydrogens is 366 g/mol. The molecule has 0 fully saturated rings. The number of halogens is 2. The first kappa shape index (κ1) is 19.3. The summed E-state index contributed by atoms with van der Waals surface area (Å²) in [5, 5.41) is 5.97. The van der Waals surface area contributed by atoms with Gasteiger partial charge in [-0.1, -0.05) is 6.07 Å². The molecule has 0 saturated carbocycles. The van der Waals surface area contributed by atoms with Crippen LogP contribution in [0, 0.1) is 18.6 Å². The van der Waals surface area contributed by atoms with Crippen LogP contribution in [0.4, 0.5) is 26.2 Å². The summed E-state index contributed by atoms with van der Waals surface area (Å²) in [7, 11) is 3.16. The number of methoxy groups -OCH3 is 2. The topological polar surface area (TPSA) is 68.3 Å². The molecule has 0 atom stereocenters. The number of benzene rings is 2. The van der Waals surface area contributed by atoms with Gasteiger partial charge in [-0.05, 0) is 36.8 Å². The van der Waals surface area contributed by atoms with Crippen molar-refractivity contribution in [2.45, 2.75) is 13.5 Å². The molecule has 0 bridgehead atoms. The summed E-state index contributed by atoms with van der Waals surface area (Å²) in [6, 6.07) is 10.6. The van der Waals surface area contributed by atoms with Gasteiger partial charge in [-0.15, -0.1) is 0 Å². The van der Waals surface area contributed by atoms with Crippen molar-refractivity contribution >= 4 is 17.5 Å². The lowest BCUT2D eigenvalue weighted by molar-refractivity contribution is 0.354. The molecule has 2 aromatic carbocycles. The first-order valence-electron chi connectivity index (χ1n) is 8.51. The van der Waals surface area contributed by atoms with E-state index in [1.165, 1.54) is 6.07 Å². The van der Waals surface area contributed by atoms with Gasteiger partial charge in [0, 0.05) is 24.4 Å². The van der Waals surface area contributed by atoms with Crippen molar-refractivity contribution in [2.24, 2.45) is 0 Å². The lowest BCUT2D eigenvalue weighted by Crippen LogP contribution is -2.06. The summed E-state index contributed by atoms with van der Waals surface area (Å²) in [4.78, 5) is 8.57. The molecule has 0 aliphatic carbocycles. The summed E-state index contributed by atoms with van der Waals surface area (Å²) in [6.07, 6.45) is 0. The van der Waals surface area contributed by atoms with Crippen molar-refractivity contribution in [1.82, 2.24) is 9.97 Å². The quantitative estimate of drug-likeness (QED) is 0.626. The Labute approximate surface area is 161 Å². The molecule has 1 aromatic heterocycles. The monoisotopic (exact) mass is 386 g/mol. The first-order chi connectivity index (χ1) is 13.5. The van der Waals surface area contributed by atoms with Gasteiger partial charge < -0.3 is 20.1 Å². The van der Waals surface area contributed by atoms with E-state index in [4.69, 9.17) is 9.47 Å². The first-order valence-corrected chi connectivity index (χ1v) is 8.51. The van der Waals surface area contributed by atoms with Crippen molar-refractivity contribution in [3.63, 3.8) is 0 Å². The molecule has 0 spiro atoms. The zero-order chi connectivity index (χ0) is 20.1. The highest BCUT2D eigenvalue weighted by Gasteiger charge is 2.09. The predicted molar refractivity (Wildman–Crippen MR) is 103 cm³/mol. The van der Waals surface area contributed by atoms with Crippen LogP contribution in [0.5, 0.6) is 11.5 Å². The van der Waals surface area contributed by atoms with E-state index in [2.05, 4.69) is 20.6 Å². The van der Waals surface area contributed by atoms with E-state index in [9.17, 15) is 8.78 Å². The van der Waals surface area contributed by atoms with Crippen LogP contribution in [0.2, 0.25) is 0 Å². The minimum absolute atomic E-state index is 0.0952. The third-order valence-electron chi connectivity index (χ3n) is 3.95. The van der Waals surface area contributed by atoms with Crippen LogP contribution in [0.3, 0.4) is 0 Å². The highest BCUT2D eigenvalue weighted by molar-refractivity contribution is 5.56. The van der Waals surface area contributed by atoms with Crippen molar-refractivity contribution in [3.05, 3.63) is 65.4 Å². The molecule has 1 heterocycles. The van der Waals surface area contributed by atoms with Gasteiger partial charge >= 0.3 is 0 Å². The van der Waals surface area contributed by atoms with Crippen molar-refractivity contribution in [1.29, 1.82) is 0 Å². The fourth-order valence-electron chi connectivity index (χ4n) is 2.61. The third-order valence-corrected chi connectivity index (χ3v) is 3.95. The number of nitrogens with zero attached hydrogens (tertiary/aromatic N) is 2. The highest BCUT2D eigenvalue weighted by atomic mass is 19.1. The average Bonchev–Trinajstić information content (AvgIpc) is 2.68. The molecule has 0 aliphatic heterocycles.